The molecular weight excluding hydrogens is 797 g/mol. The van der Waals surface area contributed by atoms with Crippen molar-refractivity contribution in [2.24, 2.45) is 0 Å². The fourth-order valence-electron chi connectivity index (χ4n) is 10.6. The summed E-state index contributed by atoms with van der Waals surface area (Å²) in [5.41, 5.74) is 21.8. The molecule has 314 valence electrons. The Balaban J connectivity index is 0.984. The summed E-state index contributed by atoms with van der Waals surface area (Å²) in [6, 6.07) is 89.1. The van der Waals surface area contributed by atoms with Gasteiger partial charge in [-0.15, -0.1) is 0 Å². The Morgan fingerprint density at radius 3 is 1.50 bits per heavy atom. The number of nitrogens with zero attached hydrogens (tertiary/aromatic N) is 2. The molecule has 11 aromatic rings. The molecule has 0 aliphatic heterocycles. The van der Waals surface area contributed by atoms with Crippen LogP contribution in [0, 0.1) is 0 Å². The molecular formula is C64H48N2. The summed E-state index contributed by atoms with van der Waals surface area (Å²) in [5.74, 6) is 0. The second-order valence-electron chi connectivity index (χ2n) is 17.8. The van der Waals surface area contributed by atoms with Crippen molar-refractivity contribution in [2.75, 3.05) is 4.90 Å². The highest BCUT2D eigenvalue weighted by molar-refractivity contribution is 6.09. The molecule has 1 aliphatic carbocycles. The molecule has 10 aromatic carbocycles. The number of hydrogen-bond donors (Lipinski definition) is 0. The molecule has 0 saturated carbocycles. The number of fused-ring (bicyclic) bond motifs is 6. The summed E-state index contributed by atoms with van der Waals surface area (Å²) < 4.78 is 2.45. The first-order valence-corrected chi connectivity index (χ1v) is 23.1. The van der Waals surface area contributed by atoms with Crippen LogP contribution in [-0.4, -0.2) is 4.57 Å². The van der Waals surface area contributed by atoms with Gasteiger partial charge in [-0.2, -0.15) is 0 Å². The summed E-state index contributed by atoms with van der Waals surface area (Å²) in [7, 11) is 0. The maximum absolute atomic E-state index is 2.47. The lowest BCUT2D eigenvalue weighted by Gasteiger charge is -2.30. The number of rotatable bonds is 9. The van der Waals surface area contributed by atoms with Gasteiger partial charge < -0.3 is 9.47 Å². The Kier molecular flexibility index (Phi) is 9.61. The predicted octanol–water partition coefficient (Wildman–Crippen LogP) is 17.6. The van der Waals surface area contributed by atoms with Crippen LogP contribution >= 0.6 is 0 Å². The quantitative estimate of drug-likeness (QED) is 0.141. The standard InChI is InChI=1S/C64H48N2/c1-3-64(2)60-42-52(36-38-56(60)57-39-37-53(43-61(57)64)66-62-30-14-12-28-58(62)59-29-13-15-31-63(59)66)65(50-34-32-45(33-35-50)48-23-16-22-47(40-48)44-18-6-4-7-19-44)51-25-17-24-49(41-51)55-27-11-10-26-54(55)46-20-8-5-9-21-46/h4-43H,3H2,1-2H3. The van der Waals surface area contributed by atoms with Gasteiger partial charge >= 0.3 is 0 Å². The first-order valence-electron chi connectivity index (χ1n) is 23.1. The van der Waals surface area contributed by atoms with Crippen molar-refractivity contribution in [3.8, 4) is 61.3 Å². The number of benzene rings is 10. The second-order valence-corrected chi connectivity index (χ2v) is 17.8. The molecule has 0 N–H and O–H groups in total. The van der Waals surface area contributed by atoms with Crippen molar-refractivity contribution in [2.45, 2.75) is 25.7 Å². The highest BCUT2D eigenvalue weighted by Crippen LogP contribution is 2.53. The van der Waals surface area contributed by atoms with Crippen LogP contribution in [0.1, 0.15) is 31.4 Å². The third-order valence-electron chi connectivity index (χ3n) is 14.1. The lowest BCUT2D eigenvalue weighted by atomic mass is 9.77. The third kappa shape index (κ3) is 6.56. The molecule has 1 unspecified atom stereocenters. The topological polar surface area (TPSA) is 8.17 Å². The van der Waals surface area contributed by atoms with Crippen LogP contribution in [0.25, 0.3) is 83.1 Å². The van der Waals surface area contributed by atoms with Crippen LogP contribution in [0.4, 0.5) is 17.1 Å². The number of anilines is 3. The predicted molar refractivity (Wildman–Crippen MR) is 279 cm³/mol. The Labute approximate surface area is 387 Å². The van der Waals surface area contributed by atoms with Crippen LogP contribution in [0.5, 0.6) is 0 Å². The number of hydrogen-bond acceptors (Lipinski definition) is 1. The van der Waals surface area contributed by atoms with Gasteiger partial charge in [0, 0.05) is 38.9 Å². The molecule has 0 amide bonds. The summed E-state index contributed by atoms with van der Waals surface area (Å²) >= 11 is 0. The first-order chi connectivity index (χ1) is 32.6. The van der Waals surface area contributed by atoms with E-state index in [1.165, 1.54) is 94.3 Å². The van der Waals surface area contributed by atoms with Gasteiger partial charge in [-0.05, 0) is 140 Å². The Morgan fingerprint density at radius 2 is 0.833 bits per heavy atom. The summed E-state index contributed by atoms with van der Waals surface area (Å²) in [4.78, 5) is 2.45. The van der Waals surface area contributed by atoms with E-state index >= 15 is 0 Å². The normalized spacial score (nSPS) is 14.0. The van der Waals surface area contributed by atoms with Crippen molar-refractivity contribution in [3.05, 3.63) is 254 Å². The van der Waals surface area contributed by atoms with E-state index in [1.54, 1.807) is 0 Å². The first kappa shape index (κ1) is 39.4. The molecule has 2 heteroatoms. The molecule has 0 spiro atoms. The molecule has 12 rings (SSSR count). The van der Waals surface area contributed by atoms with E-state index in [-0.39, 0.29) is 5.41 Å². The molecule has 1 aliphatic rings. The Hall–Kier alpha value is -8.20. The lowest BCUT2D eigenvalue weighted by molar-refractivity contribution is 0.564. The van der Waals surface area contributed by atoms with Crippen LogP contribution in [0.3, 0.4) is 0 Å². The minimum Gasteiger partial charge on any atom is -0.310 e. The van der Waals surface area contributed by atoms with Gasteiger partial charge in [-0.25, -0.2) is 0 Å². The largest absolute Gasteiger partial charge is 0.310 e. The van der Waals surface area contributed by atoms with Gasteiger partial charge in [0.2, 0.25) is 0 Å². The van der Waals surface area contributed by atoms with Crippen LogP contribution in [-0.2, 0) is 5.41 Å². The smallest absolute Gasteiger partial charge is 0.0541 e. The fraction of sp³-hybridized carbons (Fsp3) is 0.0625. The van der Waals surface area contributed by atoms with E-state index in [1.807, 2.05) is 0 Å². The molecule has 0 radical (unpaired) electrons. The summed E-state index contributed by atoms with van der Waals surface area (Å²) in [5, 5.41) is 2.56. The van der Waals surface area contributed by atoms with Crippen LogP contribution in [0.2, 0.25) is 0 Å². The van der Waals surface area contributed by atoms with E-state index in [0.717, 1.165) is 23.5 Å². The molecule has 1 heterocycles. The number of para-hydroxylation sites is 2. The van der Waals surface area contributed by atoms with Crippen molar-refractivity contribution >= 4 is 38.9 Å². The zero-order valence-corrected chi connectivity index (χ0v) is 37.2. The highest BCUT2D eigenvalue weighted by atomic mass is 15.1. The Bertz CT molecular complexity index is 3530. The molecule has 1 atom stereocenters. The fourth-order valence-corrected chi connectivity index (χ4v) is 10.6. The van der Waals surface area contributed by atoms with Crippen LogP contribution < -0.4 is 4.90 Å². The molecule has 2 nitrogen and oxygen atoms in total. The van der Waals surface area contributed by atoms with Crippen molar-refractivity contribution < 1.29 is 0 Å². The van der Waals surface area contributed by atoms with Gasteiger partial charge in [-0.3, -0.25) is 0 Å². The molecule has 0 saturated heterocycles. The van der Waals surface area contributed by atoms with E-state index in [2.05, 4.69) is 266 Å². The second kappa shape index (κ2) is 16.1. The van der Waals surface area contributed by atoms with Gasteiger partial charge in [0.25, 0.3) is 0 Å². The highest BCUT2D eigenvalue weighted by Gasteiger charge is 2.39. The average Bonchev–Trinajstić information content (AvgIpc) is 3.86. The van der Waals surface area contributed by atoms with Crippen molar-refractivity contribution in [1.82, 2.24) is 4.57 Å². The van der Waals surface area contributed by atoms with Gasteiger partial charge in [0.05, 0.1) is 11.0 Å². The SMILES string of the molecule is CCC1(C)c2cc(N(c3ccc(-c4cccc(-c5ccccc5)c4)cc3)c3cccc(-c4ccccc4-c4ccccc4)c3)ccc2-c2ccc(-n3c4ccccc4c4ccccc43)cc21. The van der Waals surface area contributed by atoms with E-state index in [4.69, 9.17) is 0 Å². The Morgan fingerprint density at radius 1 is 0.348 bits per heavy atom. The molecule has 66 heavy (non-hydrogen) atoms. The van der Waals surface area contributed by atoms with Crippen molar-refractivity contribution in [1.29, 1.82) is 0 Å². The zero-order chi connectivity index (χ0) is 44.2. The van der Waals surface area contributed by atoms with E-state index in [9.17, 15) is 0 Å². The maximum atomic E-state index is 2.47. The molecule has 1 aromatic heterocycles. The lowest BCUT2D eigenvalue weighted by Crippen LogP contribution is -2.20. The maximum Gasteiger partial charge on any atom is 0.0541 e. The van der Waals surface area contributed by atoms with Gasteiger partial charge in [0.1, 0.15) is 0 Å². The molecule has 0 bridgehead atoms. The van der Waals surface area contributed by atoms with E-state index in [0.29, 0.717) is 0 Å². The van der Waals surface area contributed by atoms with E-state index < -0.39 is 0 Å². The average molecular weight is 845 g/mol. The molecule has 0 fully saturated rings. The summed E-state index contributed by atoms with van der Waals surface area (Å²) in [6.45, 7) is 4.79. The van der Waals surface area contributed by atoms with Gasteiger partial charge in [0.15, 0.2) is 0 Å². The van der Waals surface area contributed by atoms with Gasteiger partial charge in [-0.1, -0.05) is 190 Å². The monoisotopic (exact) mass is 844 g/mol. The zero-order valence-electron chi connectivity index (χ0n) is 37.2. The number of aromatic nitrogens is 1. The van der Waals surface area contributed by atoms with Crippen molar-refractivity contribution in [3.63, 3.8) is 0 Å². The minimum absolute atomic E-state index is 0.203. The third-order valence-corrected chi connectivity index (χ3v) is 14.1. The van der Waals surface area contributed by atoms with Crippen LogP contribution in [0.15, 0.2) is 243 Å². The summed E-state index contributed by atoms with van der Waals surface area (Å²) in [6.07, 6.45) is 0.968. The minimum atomic E-state index is -0.203.